The van der Waals surface area contributed by atoms with Gasteiger partial charge in [0.1, 0.15) is 6.04 Å². The Morgan fingerprint density at radius 2 is 1.84 bits per heavy atom. The van der Waals surface area contributed by atoms with Gasteiger partial charge in [-0.05, 0) is 48.4 Å². The maximum atomic E-state index is 14.1. The van der Waals surface area contributed by atoms with E-state index in [1.807, 2.05) is 24.3 Å². The molecule has 4 rings (SSSR count). The minimum absolute atomic E-state index is 0.0881. The van der Waals surface area contributed by atoms with E-state index in [4.69, 9.17) is 4.74 Å². The number of nitrogens with zero attached hydrogens (tertiary/aromatic N) is 2. The number of methoxy groups -OCH3 is 1. The summed E-state index contributed by atoms with van der Waals surface area (Å²) in [5.74, 6) is -3.37. The first kappa shape index (κ1) is 28.1. The first-order valence-electron chi connectivity index (χ1n) is 13.3. The fourth-order valence-corrected chi connectivity index (χ4v) is 5.18. The third-order valence-electron chi connectivity index (χ3n) is 7.54. The molecule has 9 heteroatoms. The molecule has 1 aromatic heterocycles. The number of halogens is 2. The molecule has 1 saturated carbocycles. The third-order valence-corrected chi connectivity index (χ3v) is 7.54. The van der Waals surface area contributed by atoms with Crippen molar-refractivity contribution in [2.75, 3.05) is 18.6 Å². The molecule has 2 aliphatic rings. The molecule has 1 aromatic carbocycles. The van der Waals surface area contributed by atoms with E-state index in [0.29, 0.717) is 24.2 Å². The molecule has 1 aliphatic carbocycles. The van der Waals surface area contributed by atoms with Crippen molar-refractivity contribution in [1.82, 2.24) is 15.6 Å². The highest BCUT2D eigenvalue weighted by Crippen LogP contribution is 2.35. The maximum absolute atomic E-state index is 14.1. The van der Waals surface area contributed by atoms with E-state index >= 15 is 0 Å². The number of alkyl halides is 2. The lowest BCUT2D eigenvalue weighted by atomic mass is 9.87. The molecule has 2 fully saturated rings. The fourth-order valence-electron chi connectivity index (χ4n) is 5.18. The standard InChI is InChI=1S/C29H38F2N4O3/c1-28(2,3)20-7-9-22(10-8-20)35(27(37)24-16-23(38-4)18-33-24)25(19-6-5-15-32-17-19)26(36)34-21-11-13-29(30,31)14-12-21/h5-10,15,17,21,23-25,33H,11-14,16,18H2,1-4H3,(H,34,36). The average Bonchev–Trinajstić information content (AvgIpc) is 3.38. The van der Waals surface area contributed by atoms with Gasteiger partial charge in [-0.25, -0.2) is 8.78 Å². The summed E-state index contributed by atoms with van der Waals surface area (Å²) in [5.41, 5.74) is 2.12. The van der Waals surface area contributed by atoms with Crippen LogP contribution in [0.3, 0.4) is 0 Å². The van der Waals surface area contributed by atoms with Crippen molar-refractivity contribution < 1.29 is 23.1 Å². The Morgan fingerprint density at radius 3 is 2.39 bits per heavy atom. The minimum Gasteiger partial charge on any atom is -0.380 e. The summed E-state index contributed by atoms with van der Waals surface area (Å²) in [4.78, 5) is 33.7. The lowest BCUT2D eigenvalue weighted by Gasteiger charge is -2.35. The van der Waals surface area contributed by atoms with Gasteiger partial charge in [-0.2, -0.15) is 0 Å². The van der Waals surface area contributed by atoms with Gasteiger partial charge in [-0.3, -0.25) is 19.5 Å². The summed E-state index contributed by atoms with van der Waals surface area (Å²) in [6.45, 7) is 6.86. The molecule has 2 heterocycles. The van der Waals surface area contributed by atoms with Crippen LogP contribution >= 0.6 is 0 Å². The molecular weight excluding hydrogens is 490 g/mol. The monoisotopic (exact) mass is 528 g/mol. The number of nitrogens with one attached hydrogen (secondary N) is 2. The normalized spacial score (nSPS) is 22.6. The number of anilines is 1. The van der Waals surface area contributed by atoms with Crippen molar-refractivity contribution in [2.24, 2.45) is 0 Å². The molecular formula is C29H38F2N4O3. The predicted molar refractivity (Wildman–Crippen MR) is 142 cm³/mol. The molecule has 7 nitrogen and oxygen atoms in total. The van der Waals surface area contributed by atoms with Gasteiger partial charge in [0.25, 0.3) is 0 Å². The summed E-state index contributed by atoms with van der Waals surface area (Å²) < 4.78 is 33.0. The summed E-state index contributed by atoms with van der Waals surface area (Å²) in [7, 11) is 1.61. The first-order valence-corrected chi connectivity index (χ1v) is 13.3. The third kappa shape index (κ3) is 6.56. The number of hydrogen-bond acceptors (Lipinski definition) is 5. The van der Waals surface area contributed by atoms with Gasteiger partial charge in [-0.15, -0.1) is 0 Å². The van der Waals surface area contributed by atoms with Crippen molar-refractivity contribution in [3.05, 3.63) is 59.9 Å². The van der Waals surface area contributed by atoms with Gasteiger partial charge in [0.2, 0.25) is 17.7 Å². The topological polar surface area (TPSA) is 83.6 Å². The van der Waals surface area contributed by atoms with Crippen LogP contribution in [0.2, 0.25) is 0 Å². The van der Waals surface area contributed by atoms with Crippen LogP contribution in [0.1, 0.15) is 70.0 Å². The smallest absolute Gasteiger partial charge is 0.248 e. The van der Waals surface area contributed by atoms with Crippen LogP contribution in [0.15, 0.2) is 48.8 Å². The van der Waals surface area contributed by atoms with Crippen molar-refractivity contribution in [1.29, 1.82) is 0 Å². The predicted octanol–water partition coefficient (Wildman–Crippen LogP) is 4.52. The van der Waals surface area contributed by atoms with Crippen LogP contribution in [0.5, 0.6) is 0 Å². The van der Waals surface area contributed by atoms with E-state index in [-0.39, 0.29) is 49.2 Å². The van der Waals surface area contributed by atoms with Gasteiger partial charge in [0.05, 0.1) is 12.1 Å². The van der Waals surface area contributed by atoms with Gasteiger partial charge in [0, 0.05) is 56.2 Å². The molecule has 0 bridgehead atoms. The van der Waals surface area contributed by atoms with E-state index in [2.05, 4.69) is 36.4 Å². The van der Waals surface area contributed by atoms with Crippen molar-refractivity contribution in [3.63, 3.8) is 0 Å². The number of amides is 2. The Bertz CT molecular complexity index is 1100. The van der Waals surface area contributed by atoms with E-state index in [1.54, 1.807) is 31.6 Å². The number of rotatable bonds is 7. The number of hydrogen-bond donors (Lipinski definition) is 2. The maximum Gasteiger partial charge on any atom is 0.248 e. The number of pyridine rings is 1. The molecule has 38 heavy (non-hydrogen) atoms. The second-order valence-corrected chi connectivity index (χ2v) is 11.4. The molecule has 2 amide bonds. The number of benzene rings is 1. The van der Waals surface area contributed by atoms with Gasteiger partial charge in [-0.1, -0.05) is 39.0 Å². The van der Waals surface area contributed by atoms with E-state index < -0.39 is 23.9 Å². The lowest BCUT2D eigenvalue weighted by molar-refractivity contribution is -0.128. The van der Waals surface area contributed by atoms with E-state index in [9.17, 15) is 18.4 Å². The van der Waals surface area contributed by atoms with Crippen LogP contribution in [0.4, 0.5) is 14.5 Å². The van der Waals surface area contributed by atoms with Crippen molar-refractivity contribution in [2.45, 2.75) is 88.4 Å². The highest BCUT2D eigenvalue weighted by Gasteiger charge is 2.41. The molecule has 2 aromatic rings. The Kier molecular flexibility index (Phi) is 8.47. The van der Waals surface area contributed by atoms with Gasteiger partial charge >= 0.3 is 0 Å². The zero-order valence-electron chi connectivity index (χ0n) is 22.5. The van der Waals surface area contributed by atoms with Crippen molar-refractivity contribution in [3.8, 4) is 0 Å². The second kappa shape index (κ2) is 11.5. The largest absolute Gasteiger partial charge is 0.380 e. The second-order valence-electron chi connectivity index (χ2n) is 11.4. The quantitative estimate of drug-likeness (QED) is 0.552. The number of carbonyl (C=O) groups excluding carboxylic acids is 2. The number of aromatic nitrogens is 1. The molecule has 3 unspecified atom stereocenters. The average molecular weight is 529 g/mol. The molecule has 0 radical (unpaired) electrons. The Labute approximate surface area is 223 Å². The van der Waals surface area contributed by atoms with Crippen LogP contribution in [-0.2, 0) is 19.7 Å². The first-order chi connectivity index (χ1) is 18.0. The molecule has 0 spiro atoms. The molecule has 2 N–H and O–H groups in total. The number of ether oxygens (including phenoxy) is 1. The molecule has 206 valence electrons. The molecule has 3 atom stereocenters. The Balaban J connectivity index is 1.71. The summed E-state index contributed by atoms with van der Waals surface area (Å²) in [6.07, 6.45) is 3.39. The zero-order chi connectivity index (χ0) is 27.5. The Morgan fingerprint density at radius 1 is 1.16 bits per heavy atom. The number of carbonyl (C=O) groups is 2. The Hall–Kier alpha value is -2.91. The fraction of sp³-hybridized carbons (Fsp3) is 0.552. The van der Waals surface area contributed by atoms with Crippen molar-refractivity contribution >= 4 is 17.5 Å². The summed E-state index contributed by atoms with van der Waals surface area (Å²) in [5, 5.41) is 6.20. The van der Waals surface area contributed by atoms with Crippen LogP contribution in [-0.4, -0.2) is 54.6 Å². The van der Waals surface area contributed by atoms with Crippen LogP contribution in [0.25, 0.3) is 0 Å². The minimum atomic E-state index is -2.70. The SMILES string of the molecule is COC1CNC(C(=O)N(c2ccc(C(C)(C)C)cc2)C(C(=O)NC2CCC(F)(F)CC2)c2cccnc2)C1. The molecule has 1 saturated heterocycles. The van der Waals surface area contributed by atoms with Crippen LogP contribution in [0, 0.1) is 0 Å². The van der Waals surface area contributed by atoms with Gasteiger partial charge in [0.15, 0.2) is 0 Å². The zero-order valence-corrected chi connectivity index (χ0v) is 22.5. The highest BCUT2D eigenvalue weighted by atomic mass is 19.3. The van der Waals surface area contributed by atoms with E-state index in [0.717, 1.165) is 5.56 Å². The highest BCUT2D eigenvalue weighted by molar-refractivity contribution is 6.04. The van der Waals surface area contributed by atoms with E-state index in [1.165, 1.54) is 4.90 Å². The lowest BCUT2D eigenvalue weighted by Crippen LogP contribution is -2.52. The summed E-state index contributed by atoms with van der Waals surface area (Å²) in [6, 6.07) is 9.19. The van der Waals surface area contributed by atoms with Crippen LogP contribution < -0.4 is 15.5 Å². The van der Waals surface area contributed by atoms with Gasteiger partial charge < -0.3 is 15.4 Å². The summed E-state index contributed by atoms with van der Waals surface area (Å²) >= 11 is 0. The molecule has 1 aliphatic heterocycles.